The molecule has 0 aromatic heterocycles. The van der Waals surface area contributed by atoms with Crippen LogP contribution >= 0.6 is 0 Å². The molecule has 0 bridgehead atoms. The molecule has 0 radical (unpaired) electrons. The molecule has 3 aliphatic heterocycles. The Hall–Kier alpha value is -1.82. The molecule has 15 N–H and O–H groups in total. The van der Waals surface area contributed by atoms with Crippen LogP contribution in [0, 0.1) is 0 Å². The van der Waals surface area contributed by atoms with E-state index in [4.69, 9.17) is 28.4 Å². The number of carbonyl (C=O) groups excluding carboxylic acids is 1. The first-order chi connectivity index (χ1) is 24.7. The standard InChI is InChI=1S/C30H51NO22/c1-9-17(39)20(42)21(43)26(48-9)51-23-12(37)3-29(47,8-34)5-14(23)49-27-22(44)25(19(41)15(7-33)50-27)53-30(28(45)46)4-11(36)16(31-10(2)35)24(52-30)18(40)13(38)6-32/h9,11-27,32-34,36-44,47H,3-8H2,1-2H3,(H,31,35)(H,45,46)/t9-,11+,12-,13+,14+,15-,16+,17+,18+,19-,20-,21-,22-,23+,24+,25-,26-,27+,29-,30-/m0/s1. The van der Waals surface area contributed by atoms with E-state index in [0.717, 1.165) is 6.92 Å². The molecule has 20 atom stereocenters. The second kappa shape index (κ2) is 17.5. The van der Waals surface area contributed by atoms with Crippen molar-refractivity contribution in [3.8, 4) is 0 Å². The topological polar surface area (TPSA) is 385 Å². The largest absolute Gasteiger partial charge is 0.477 e. The van der Waals surface area contributed by atoms with Gasteiger partial charge in [-0.25, -0.2) is 4.79 Å². The molecule has 1 aliphatic carbocycles. The van der Waals surface area contributed by atoms with Gasteiger partial charge in [0.25, 0.3) is 5.79 Å². The number of nitrogens with one attached hydrogen (secondary N) is 1. The number of carboxylic acids is 1. The predicted molar refractivity (Wildman–Crippen MR) is 165 cm³/mol. The van der Waals surface area contributed by atoms with Crippen molar-refractivity contribution in [3.05, 3.63) is 0 Å². The van der Waals surface area contributed by atoms with Gasteiger partial charge in [0.2, 0.25) is 5.91 Å². The molecule has 3 saturated heterocycles. The van der Waals surface area contributed by atoms with Gasteiger partial charge in [-0.1, -0.05) is 0 Å². The lowest BCUT2D eigenvalue weighted by Crippen LogP contribution is -2.70. The van der Waals surface area contributed by atoms with E-state index < -0.39 is 173 Å². The molecule has 23 nitrogen and oxygen atoms in total. The van der Waals surface area contributed by atoms with Gasteiger partial charge in [-0.2, -0.15) is 0 Å². The Kier molecular flexibility index (Phi) is 14.5. The Bertz CT molecular complexity index is 1230. The van der Waals surface area contributed by atoms with Crippen LogP contribution in [0.25, 0.3) is 0 Å². The van der Waals surface area contributed by atoms with E-state index in [1.165, 1.54) is 6.92 Å². The van der Waals surface area contributed by atoms with Crippen molar-refractivity contribution in [2.24, 2.45) is 0 Å². The maximum Gasteiger partial charge on any atom is 0.364 e. The first-order valence-corrected chi connectivity index (χ1v) is 16.9. The maximum atomic E-state index is 12.8. The zero-order chi connectivity index (χ0) is 39.7. The van der Waals surface area contributed by atoms with Crippen molar-refractivity contribution in [1.82, 2.24) is 5.32 Å². The molecule has 53 heavy (non-hydrogen) atoms. The number of carbonyl (C=O) groups is 2. The zero-order valence-corrected chi connectivity index (χ0v) is 28.7. The molecule has 0 spiro atoms. The molecular weight excluding hydrogens is 726 g/mol. The van der Waals surface area contributed by atoms with Crippen LogP contribution < -0.4 is 5.32 Å². The summed E-state index contributed by atoms with van der Waals surface area (Å²) >= 11 is 0. The van der Waals surface area contributed by atoms with E-state index in [2.05, 4.69) is 5.32 Å². The SMILES string of the molecule is CC(=O)N[C@H]1[C@H]([C@H](O)[C@H](O)CO)O[C@@](O[C@@H]2[C@H](O)[C@H](O[C@@H]3C[C@](O)(CO)C[C@H](O)[C@H]3O[C@@H]3O[C@@H](C)[C@@H](O)[C@H](O)[C@@H]3O)O[C@@H](CO)[C@@H]2O)(C(=O)O)C[C@H]1O. The third-order valence-corrected chi connectivity index (χ3v) is 9.95. The highest BCUT2D eigenvalue weighted by molar-refractivity contribution is 5.76. The van der Waals surface area contributed by atoms with Gasteiger partial charge in [0, 0.05) is 26.2 Å². The normalized spacial score (nSPS) is 47.8. The van der Waals surface area contributed by atoms with Crippen LogP contribution in [0.15, 0.2) is 0 Å². The smallest absolute Gasteiger partial charge is 0.364 e. The van der Waals surface area contributed by atoms with Crippen molar-refractivity contribution >= 4 is 11.9 Å². The monoisotopic (exact) mass is 777 g/mol. The minimum Gasteiger partial charge on any atom is -0.477 e. The highest BCUT2D eigenvalue weighted by Gasteiger charge is 2.60. The lowest BCUT2D eigenvalue weighted by molar-refractivity contribution is -0.382. The van der Waals surface area contributed by atoms with Gasteiger partial charge in [-0.3, -0.25) is 4.79 Å². The van der Waals surface area contributed by atoms with Gasteiger partial charge in [0.15, 0.2) is 12.6 Å². The molecule has 4 rings (SSSR count). The van der Waals surface area contributed by atoms with Crippen molar-refractivity contribution in [3.63, 3.8) is 0 Å². The van der Waals surface area contributed by atoms with Gasteiger partial charge in [-0.15, -0.1) is 0 Å². The van der Waals surface area contributed by atoms with Crippen molar-refractivity contribution < 1.29 is 110 Å². The third kappa shape index (κ3) is 9.26. The van der Waals surface area contributed by atoms with Crippen LogP contribution in [0.4, 0.5) is 0 Å². The lowest BCUT2D eigenvalue weighted by atomic mass is 9.79. The zero-order valence-electron chi connectivity index (χ0n) is 28.7. The summed E-state index contributed by atoms with van der Waals surface area (Å²) in [6, 6.07) is -1.58. The third-order valence-electron chi connectivity index (χ3n) is 9.95. The van der Waals surface area contributed by atoms with E-state index in [-0.39, 0.29) is 0 Å². The number of hydrogen-bond acceptors (Lipinski definition) is 21. The summed E-state index contributed by atoms with van der Waals surface area (Å²) < 4.78 is 33.9. The molecule has 0 unspecified atom stereocenters. The van der Waals surface area contributed by atoms with Crippen LogP contribution in [0.1, 0.15) is 33.1 Å². The van der Waals surface area contributed by atoms with Crippen LogP contribution in [0.3, 0.4) is 0 Å². The van der Waals surface area contributed by atoms with E-state index >= 15 is 0 Å². The highest BCUT2D eigenvalue weighted by atomic mass is 16.8. The summed E-state index contributed by atoms with van der Waals surface area (Å²) in [5, 5.41) is 149. The fourth-order valence-electron chi connectivity index (χ4n) is 6.99. The van der Waals surface area contributed by atoms with E-state index in [1.54, 1.807) is 0 Å². The van der Waals surface area contributed by atoms with Crippen LogP contribution in [-0.4, -0.2) is 225 Å². The van der Waals surface area contributed by atoms with Crippen molar-refractivity contribution in [1.29, 1.82) is 0 Å². The number of amides is 1. The van der Waals surface area contributed by atoms with Crippen molar-refractivity contribution in [2.75, 3.05) is 19.8 Å². The highest BCUT2D eigenvalue weighted by Crippen LogP contribution is 2.40. The Labute approximate surface area is 301 Å². The van der Waals surface area contributed by atoms with E-state index in [0.29, 0.717) is 0 Å². The number of rotatable bonds is 13. The summed E-state index contributed by atoms with van der Waals surface area (Å²) in [5.74, 6) is -5.85. The molecule has 3 heterocycles. The average Bonchev–Trinajstić information content (AvgIpc) is 3.10. The number of ether oxygens (including phenoxy) is 6. The summed E-state index contributed by atoms with van der Waals surface area (Å²) in [7, 11) is 0. The first kappa shape index (κ1) is 43.9. The van der Waals surface area contributed by atoms with E-state index in [9.17, 15) is 81.1 Å². The molecule has 0 aromatic carbocycles. The summed E-state index contributed by atoms with van der Waals surface area (Å²) in [6.45, 7) is -0.621. The Morgan fingerprint density at radius 3 is 2.04 bits per heavy atom. The summed E-state index contributed by atoms with van der Waals surface area (Å²) in [6.07, 6.45) is -33.2. The Morgan fingerprint density at radius 2 is 1.47 bits per heavy atom. The van der Waals surface area contributed by atoms with Crippen molar-refractivity contribution in [2.45, 2.75) is 155 Å². The summed E-state index contributed by atoms with van der Waals surface area (Å²) in [4.78, 5) is 24.7. The molecule has 308 valence electrons. The maximum absolute atomic E-state index is 12.8. The predicted octanol–water partition coefficient (Wildman–Crippen LogP) is -8.56. The molecule has 1 amide bonds. The molecular formula is C30H51NO22. The van der Waals surface area contributed by atoms with Gasteiger partial charge in [0.05, 0.1) is 55.9 Å². The van der Waals surface area contributed by atoms with E-state index in [1.807, 2.05) is 0 Å². The van der Waals surface area contributed by atoms with Gasteiger partial charge in [0.1, 0.15) is 67.1 Å². The second-order valence-electron chi connectivity index (χ2n) is 14.0. The summed E-state index contributed by atoms with van der Waals surface area (Å²) in [5.41, 5.74) is -2.04. The quantitative estimate of drug-likeness (QED) is 0.0825. The fourth-order valence-corrected chi connectivity index (χ4v) is 6.99. The lowest BCUT2D eigenvalue weighted by Gasteiger charge is -2.51. The first-order valence-electron chi connectivity index (χ1n) is 16.9. The molecule has 1 saturated carbocycles. The number of aliphatic hydroxyl groups excluding tert-OH is 12. The molecule has 4 fully saturated rings. The van der Waals surface area contributed by atoms with Gasteiger partial charge >= 0.3 is 5.97 Å². The van der Waals surface area contributed by atoms with Gasteiger partial charge in [-0.05, 0) is 6.92 Å². The number of carboxylic acid groups (broad SMARTS) is 1. The number of aliphatic carboxylic acids is 1. The fraction of sp³-hybridized carbons (Fsp3) is 0.933. The average molecular weight is 778 g/mol. The molecule has 0 aromatic rings. The minimum atomic E-state index is -3.08. The second-order valence-corrected chi connectivity index (χ2v) is 14.0. The minimum absolute atomic E-state index is 0.520. The Morgan fingerprint density at radius 1 is 0.830 bits per heavy atom. The molecule has 4 aliphatic rings. The van der Waals surface area contributed by atoms with Crippen LogP contribution in [-0.2, 0) is 38.0 Å². The molecule has 23 heteroatoms. The van der Waals surface area contributed by atoms with Crippen LogP contribution in [0.2, 0.25) is 0 Å². The van der Waals surface area contributed by atoms with Gasteiger partial charge < -0.3 is 105 Å². The Balaban J connectivity index is 1.65. The number of hydrogen-bond donors (Lipinski definition) is 15. The van der Waals surface area contributed by atoms with Crippen LogP contribution in [0.5, 0.6) is 0 Å². The number of aliphatic hydroxyl groups is 13.